The maximum atomic E-state index is 10.7. The molecule has 3 heteroatoms. The average molecular weight is 206 g/mol. The minimum atomic E-state index is -0.940. The first-order valence-corrected chi connectivity index (χ1v) is 4.79. The molecule has 3 nitrogen and oxygen atoms in total. The van der Waals surface area contributed by atoms with E-state index in [2.05, 4.69) is 6.58 Å². The second-order valence-electron chi connectivity index (χ2n) is 3.13. The summed E-state index contributed by atoms with van der Waals surface area (Å²) in [6, 6.07) is 7.14. The number of ether oxygens (including phenoxy) is 1. The van der Waals surface area contributed by atoms with E-state index in [1.165, 1.54) is 0 Å². The van der Waals surface area contributed by atoms with Gasteiger partial charge >= 0.3 is 5.97 Å². The van der Waals surface area contributed by atoms with Crippen LogP contribution in [-0.4, -0.2) is 17.2 Å². The van der Waals surface area contributed by atoms with Crippen LogP contribution in [0, 0.1) is 0 Å². The number of aliphatic carboxylic acids is 1. The molecule has 0 radical (unpaired) electrons. The Balaban J connectivity index is 2.71. The molecule has 1 N–H and O–H groups in total. The van der Waals surface area contributed by atoms with Gasteiger partial charge in [-0.25, -0.2) is 4.79 Å². The van der Waals surface area contributed by atoms with Crippen LogP contribution in [-0.2, 0) is 4.79 Å². The first kappa shape index (κ1) is 11.3. The van der Waals surface area contributed by atoms with Crippen LogP contribution >= 0.6 is 0 Å². The Kier molecular flexibility index (Phi) is 3.92. The topological polar surface area (TPSA) is 46.5 Å². The van der Waals surface area contributed by atoms with E-state index >= 15 is 0 Å². The zero-order chi connectivity index (χ0) is 11.3. The van der Waals surface area contributed by atoms with Crippen molar-refractivity contribution in [1.82, 2.24) is 0 Å². The largest absolute Gasteiger partial charge is 0.479 e. The molecule has 0 amide bonds. The SMILES string of the molecule is C=Cc1ccc(OC(CC)C(=O)O)cc1. The second kappa shape index (κ2) is 5.20. The van der Waals surface area contributed by atoms with Gasteiger partial charge in [-0.05, 0) is 24.1 Å². The molecule has 0 bridgehead atoms. The highest BCUT2D eigenvalue weighted by Gasteiger charge is 2.16. The van der Waals surface area contributed by atoms with Gasteiger partial charge in [-0.1, -0.05) is 31.7 Å². The van der Waals surface area contributed by atoms with Crippen molar-refractivity contribution in [1.29, 1.82) is 0 Å². The van der Waals surface area contributed by atoms with Gasteiger partial charge in [0.15, 0.2) is 6.10 Å². The highest BCUT2D eigenvalue weighted by molar-refractivity contribution is 5.72. The Hall–Kier alpha value is -1.77. The molecular weight excluding hydrogens is 192 g/mol. The van der Waals surface area contributed by atoms with E-state index in [9.17, 15) is 4.79 Å². The van der Waals surface area contributed by atoms with Crippen LogP contribution in [0.2, 0.25) is 0 Å². The predicted octanol–water partition coefficient (Wildman–Crippen LogP) is 2.57. The van der Waals surface area contributed by atoms with Crippen LogP contribution in [0.3, 0.4) is 0 Å². The van der Waals surface area contributed by atoms with Gasteiger partial charge in [-0.15, -0.1) is 0 Å². The quantitative estimate of drug-likeness (QED) is 0.805. The predicted molar refractivity (Wildman–Crippen MR) is 58.9 cm³/mol. The number of carboxylic acid groups (broad SMARTS) is 1. The standard InChI is InChI=1S/C12H14O3/c1-3-9-5-7-10(8-6-9)15-11(4-2)12(13)14/h3,5-8,11H,1,4H2,2H3,(H,13,14). The van der Waals surface area contributed by atoms with Gasteiger partial charge in [0.25, 0.3) is 0 Å². The summed E-state index contributed by atoms with van der Waals surface area (Å²) in [4.78, 5) is 10.7. The summed E-state index contributed by atoms with van der Waals surface area (Å²) >= 11 is 0. The summed E-state index contributed by atoms with van der Waals surface area (Å²) < 4.78 is 5.29. The molecule has 15 heavy (non-hydrogen) atoms. The first-order chi connectivity index (χ1) is 7.17. The molecule has 0 fully saturated rings. The molecule has 1 atom stereocenters. The fourth-order valence-corrected chi connectivity index (χ4v) is 1.16. The van der Waals surface area contributed by atoms with Gasteiger partial charge in [0, 0.05) is 0 Å². The molecule has 0 aliphatic rings. The van der Waals surface area contributed by atoms with E-state index in [1.54, 1.807) is 25.1 Å². The van der Waals surface area contributed by atoms with Gasteiger partial charge in [-0.3, -0.25) is 0 Å². The monoisotopic (exact) mass is 206 g/mol. The minimum Gasteiger partial charge on any atom is -0.479 e. The molecule has 0 aromatic heterocycles. The van der Waals surface area contributed by atoms with Crippen molar-refractivity contribution in [3.63, 3.8) is 0 Å². The van der Waals surface area contributed by atoms with Gasteiger partial charge < -0.3 is 9.84 Å². The van der Waals surface area contributed by atoms with Crippen LogP contribution in [0.4, 0.5) is 0 Å². The van der Waals surface area contributed by atoms with Crippen molar-refractivity contribution < 1.29 is 14.6 Å². The highest BCUT2D eigenvalue weighted by Crippen LogP contribution is 2.15. The van der Waals surface area contributed by atoms with Crippen LogP contribution in [0.1, 0.15) is 18.9 Å². The summed E-state index contributed by atoms with van der Waals surface area (Å²) in [6.07, 6.45) is 1.39. The maximum absolute atomic E-state index is 10.7. The molecule has 0 saturated heterocycles. The number of hydrogen-bond acceptors (Lipinski definition) is 2. The van der Waals surface area contributed by atoms with Crippen LogP contribution in [0.25, 0.3) is 6.08 Å². The molecule has 80 valence electrons. The number of hydrogen-bond donors (Lipinski definition) is 1. The number of benzene rings is 1. The van der Waals surface area contributed by atoms with Crippen LogP contribution in [0.15, 0.2) is 30.8 Å². The fourth-order valence-electron chi connectivity index (χ4n) is 1.16. The normalized spacial score (nSPS) is 11.8. The highest BCUT2D eigenvalue weighted by atomic mass is 16.5. The van der Waals surface area contributed by atoms with Crippen molar-refractivity contribution in [2.45, 2.75) is 19.4 Å². The molecule has 0 aliphatic heterocycles. The van der Waals surface area contributed by atoms with Crippen molar-refractivity contribution in [3.05, 3.63) is 36.4 Å². The van der Waals surface area contributed by atoms with Gasteiger partial charge in [0.2, 0.25) is 0 Å². The lowest BCUT2D eigenvalue weighted by molar-refractivity contribution is -0.145. The Morgan fingerprint density at radius 1 is 1.53 bits per heavy atom. The van der Waals surface area contributed by atoms with E-state index in [-0.39, 0.29) is 0 Å². The number of carboxylic acids is 1. The summed E-state index contributed by atoms with van der Waals surface area (Å²) in [5.41, 5.74) is 0.978. The molecule has 0 spiro atoms. The van der Waals surface area contributed by atoms with E-state index in [0.29, 0.717) is 12.2 Å². The summed E-state index contributed by atoms with van der Waals surface area (Å²) in [7, 11) is 0. The Morgan fingerprint density at radius 3 is 2.53 bits per heavy atom. The molecule has 0 saturated carbocycles. The van der Waals surface area contributed by atoms with E-state index in [0.717, 1.165) is 5.56 Å². The number of rotatable bonds is 5. The summed E-state index contributed by atoms with van der Waals surface area (Å²) in [5.74, 6) is -0.375. The fraction of sp³-hybridized carbons (Fsp3) is 0.250. The zero-order valence-electron chi connectivity index (χ0n) is 8.64. The smallest absolute Gasteiger partial charge is 0.344 e. The van der Waals surface area contributed by atoms with Crippen molar-refractivity contribution in [2.75, 3.05) is 0 Å². The Bertz CT molecular complexity index is 340. The van der Waals surface area contributed by atoms with E-state index < -0.39 is 12.1 Å². The minimum absolute atomic E-state index is 0.443. The maximum Gasteiger partial charge on any atom is 0.344 e. The lowest BCUT2D eigenvalue weighted by Gasteiger charge is -2.12. The lowest BCUT2D eigenvalue weighted by atomic mass is 10.2. The Labute approximate surface area is 89.0 Å². The molecular formula is C12H14O3. The number of carbonyl (C=O) groups is 1. The van der Waals surface area contributed by atoms with Crippen molar-refractivity contribution in [2.24, 2.45) is 0 Å². The lowest BCUT2D eigenvalue weighted by Crippen LogP contribution is -2.25. The summed E-state index contributed by atoms with van der Waals surface area (Å²) in [5, 5.41) is 8.79. The van der Waals surface area contributed by atoms with Gasteiger partial charge in [0.05, 0.1) is 0 Å². The van der Waals surface area contributed by atoms with Crippen molar-refractivity contribution in [3.8, 4) is 5.75 Å². The average Bonchev–Trinajstić information content (AvgIpc) is 2.26. The molecule has 1 rings (SSSR count). The molecule has 0 heterocycles. The molecule has 1 aromatic rings. The van der Waals surface area contributed by atoms with Crippen LogP contribution < -0.4 is 4.74 Å². The van der Waals surface area contributed by atoms with E-state index in [4.69, 9.17) is 9.84 Å². The zero-order valence-corrected chi connectivity index (χ0v) is 8.64. The third-order valence-electron chi connectivity index (χ3n) is 2.04. The van der Waals surface area contributed by atoms with Gasteiger partial charge in [0.1, 0.15) is 5.75 Å². The van der Waals surface area contributed by atoms with Crippen LogP contribution in [0.5, 0.6) is 5.75 Å². The molecule has 1 unspecified atom stereocenters. The third kappa shape index (κ3) is 3.13. The molecule has 0 aliphatic carbocycles. The summed E-state index contributed by atoms with van der Waals surface area (Å²) in [6.45, 7) is 5.41. The molecule has 1 aromatic carbocycles. The second-order valence-corrected chi connectivity index (χ2v) is 3.13. The Morgan fingerprint density at radius 2 is 2.13 bits per heavy atom. The third-order valence-corrected chi connectivity index (χ3v) is 2.04. The van der Waals surface area contributed by atoms with Crippen molar-refractivity contribution >= 4 is 12.0 Å². The van der Waals surface area contributed by atoms with E-state index in [1.807, 2.05) is 12.1 Å². The van der Waals surface area contributed by atoms with Gasteiger partial charge in [-0.2, -0.15) is 0 Å². The first-order valence-electron chi connectivity index (χ1n) is 4.79.